The van der Waals surface area contributed by atoms with Crippen molar-refractivity contribution in [1.82, 2.24) is 34.0 Å². The van der Waals surface area contributed by atoms with Crippen LogP contribution in [-0.2, 0) is 24.5 Å². The van der Waals surface area contributed by atoms with Crippen LogP contribution in [0.2, 0.25) is 0 Å². The lowest BCUT2D eigenvalue weighted by Gasteiger charge is -2.41. The third-order valence-corrected chi connectivity index (χ3v) is 8.15. The minimum atomic E-state index is -1.62. The fraction of sp³-hybridized carbons (Fsp3) is 0.286. The Labute approximate surface area is 270 Å². The average molecular weight is 639 g/mol. The Balaban J connectivity index is 1.54. The lowest BCUT2D eigenvalue weighted by Crippen LogP contribution is -2.57. The zero-order chi connectivity index (χ0) is 33.8. The van der Waals surface area contributed by atoms with Crippen molar-refractivity contribution >= 4 is 28.2 Å². The van der Waals surface area contributed by atoms with Gasteiger partial charge in [0.05, 0.1) is 50.6 Å². The standard InChI is InChI=1S/C35H36F2N8O2/c1-20(31-41-25-16-14-21(36)27(29(25)43(31)6)23-12-8-10-18-39-23)45(33(46)47-34(2,3)4)35(5,38)32-42-26-17-15-22(37)28(30(26)44(32)7)24-13-9-11-19-40-24/h8-20H,38H2,1-7H3/t20-,35-/m0/s1. The molecule has 0 aliphatic heterocycles. The summed E-state index contributed by atoms with van der Waals surface area (Å²) in [5.74, 6) is -0.240. The molecule has 4 heterocycles. The SMILES string of the molecule is C[C@@H](c1nc2ccc(F)c(-c3ccccn3)c2n1C)N(C(=O)OC(C)(C)C)[C@](C)(N)c1nc2ccc(F)c(-c3ccccn3)c2n1C. The van der Waals surface area contributed by atoms with Crippen LogP contribution in [0.4, 0.5) is 13.6 Å². The van der Waals surface area contributed by atoms with Crippen molar-refractivity contribution in [2.24, 2.45) is 19.8 Å². The van der Waals surface area contributed by atoms with Gasteiger partial charge >= 0.3 is 6.09 Å². The van der Waals surface area contributed by atoms with Crippen molar-refractivity contribution in [2.45, 2.75) is 51.9 Å². The topological polar surface area (TPSA) is 117 Å². The molecule has 1 amide bonds. The molecule has 12 heteroatoms. The summed E-state index contributed by atoms with van der Waals surface area (Å²) in [6, 6.07) is 15.5. The molecule has 6 rings (SSSR count). The molecule has 0 aliphatic carbocycles. The van der Waals surface area contributed by atoms with Gasteiger partial charge in [0.1, 0.15) is 23.1 Å². The number of pyridine rings is 2. The Hall–Kier alpha value is -5.23. The molecule has 2 aromatic carbocycles. The van der Waals surface area contributed by atoms with Crippen LogP contribution >= 0.6 is 0 Å². The van der Waals surface area contributed by atoms with Crippen LogP contribution in [0, 0.1) is 11.6 Å². The first-order chi connectivity index (χ1) is 22.2. The molecule has 47 heavy (non-hydrogen) atoms. The maximum Gasteiger partial charge on any atom is 0.412 e. The van der Waals surface area contributed by atoms with Crippen molar-refractivity contribution in [1.29, 1.82) is 0 Å². The molecular weight excluding hydrogens is 602 g/mol. The highest BCUT2D eigenvalue weighted by molar-refractivity contribution is 5.93. The van der Waals surface area contributed by atoms with Gasteiger partial charge in [-0.3, -0.25) is 14.9 Å². The second-order valence-corrected chi connectivity index (χ2v) is 12.7. The normalized spacial score (nSPS) is 13.9. The molecule has 0 bridgehead atoms. The number of imidazole rings is 2. The van der Waals surface area contributed by atoms with E-state index in [1.165, 1.54) is 17.0 Å². The molecule has 0 aliphatic rings. The average Bonchev–Trinajstić information content (AvgIpc) is 3.54. The van der Waals surface area contributed by atoms with E-state index in [1.54, 1.807) is 119 Å². The molecule has 10 nitrogen and oxygen atoms in total. The summed E-state index contributed by atoms with van der Waals surface area (Å²) in [5, 5.41) is 0. The number of fused-ring (bicyclic) bond motifs is 2. The van der Waals surface area contributed by atoms with Crippen LogP contribution in [0.15, 0.2) is 73.1 Å². The number of carbonyl (C=O) groups is 1. The third kappa shape index (κ3) is 5.48. The van der Waals surface area contributed by atoms with Gasteiger partial charge in [-0.25, -0.2) is 23.5 Å². The van der Waals surface area contributed by atoms with E-state index < -0.39 is 35.0 Å². The predicted octanol–water partition coefficient (Wildman–Crippen LogP) is 6.99. The number of rotatable bonds is 6. The first-order valence-corrected chi connectivity index (χ1v) is 15.1. The molecule has 0 saturated carbocycles. The van der Waals surface area contributed by atoms with Gasteiger partial charge in [-0.15, -0.1) is 0 Å². The lowest BCUT2D eigenvalue weighted by atomic mass is 10.1. The molecule has 242 valence electrons. The summed E-state index contributed by atoms with van der Waals surface area (Å²) < 4.78 is 40.1. The van der Waals surface area contributed by atoms with Crippen molar-refractivity contribution in [2.75, 3.05) is 0 Å². The van der Waals surface area contributed by atoms with Crippen molar-refractivity contribution in [3.05, 3.63) is 96.3 Å². The number of benzene rings is 2. The zero-order valence-electron chi connectivity index (χ0n) is 27.3. The number of ether oxygens (including phenoxy) is 1. The van der Waals surface area contributed by atoms with Crippen LogP contribution in [-0.4, -0.2) is 45.7 Å². The molecule has 0 saturated heterocycles. The molecule has 0 spiro atoms. The number of aryl methyl sites for hydroxylation is 2. The monoisotopic (exact) mass is 638 g/mol. The van der Waals surface area contributed by atoms with E-state index in [0.29, 0.717) is 39.3 Å². The van der Waals surface area contributed by atoms with E-state index in [2.05, 4.69) is 9.97 Å². The number of amides is 1. The number of halogens is 2. The molecular formula is C35H36F2N8O2. The van der Waals surface area contributed by atoms with Crippen LogP contribution in [0.5, 0.6) is 0 Å². The highest BCUT2D eigenvalue weighted by atomic mass is 19.1. The van der Waals surface area contributed by atoms with Gasteiger partial charge in [0, 0.05) is 26.5 Å². The fourth-order valence-corrected chi connectivity index (χ4v) is 6.20. The van der Waals surface area contributed by atoms with Gasteiger partial charge in [-0.1, -0.05) is 12.1 Å². The Bertz CT molecular complexity index is 2120. The summed E-state index contributed by atoms with van der Waals surface area (Å²) in [6.45, 7) is 8.70. The van der Waals surface area contributed by atoms with Crippen LogP contribution in [0.3, 0.4) is 0 Å². The van der Waals surface area contributed by atoms with Gasteiger partial charge in [0.2, 0.25) is 0 Å². The number of nitrogens with two attached hydrogens (primary N) is 1. The molecule has 4 aromatic heterocycles. The van der Waals surface area contributed by atoms with E-state index in [1.807, 2.05) is 0 Å². The van der Waals surface area contributed by atoms with Gasteiger partial charge in [-0.2, -0.15) is 0 Å². The summed E-state index contributed by atoms with van der Waals surface area (Å²) in [4.78, 5) is 33.9. The summed E-state index contributed by atoms with van der Waals surface area (Å²) >= 11 is 0. The molecule has 6 aromatic rings. The van der Waals surface area contributed by atoms with Crippen LogP contribution < -0.4 is 5.73 Å². The minimum Gasteiger partial charge on any atom is -0.444 e. The zero-order valence-corrected chi connectivity index (χ0v) is 27.3. The predicted molar refractivity (Wildman–Crippen MR) is 176 cm³/mol. The molecule has 0 fully saturated rings. The van der Waals surface area contributed by atoms with E-state index in [4.69, 9.17) is 20.4 Å². The number of nitrogens with zero attached hydrogens (tertiary/aromatic N) is 7. The summed E-state index contributed by atoms with van der Waals surface area (Å²) in [7, 11) is 3.47. The van der Waals surface area contributed by atoms with Crippen molar-refractivity contribution in [3.8, 4) is 22.5 Å². The van der Waals surface area contributed by atoms with Gasteiger partial charge in [0.15, 0.2) is 11.5 Å². The second kappa shape index (κ2) is 11.5. The molecule has 0 unspecified atom stereocenters. The second-order valence-electron chi connectivity index (χ2n) is 12.7. The van der Waals surface area contributed by atoms with Crippen LogP contribution in [0.25, 0.3) is 44.6 Å². The maximum atomic E-state index is 15.4. The Morgan fingerprint density at radius 2 is 1.32 bits per heavy atom. The van der Waals surface area contributed by atoms with E-state index in [9.17, 15) is 4.79 Å². The van der Waals surface area contributed by atoms with Gasteiger partial charge in [0.25, 0.3) is 0 Å². The maximum absolute atomic E-state index is 15.4. The molecule has 2 atom stereocenters. The smallest absolute Gasteiger partial charge is 0.412 e. The van der Waals surface area contributed by atoms with Gasteiger partial charge in [-0.05, 0) is 83.1 Å². The number of carbonyl (C=O) groups excluding carboxylic acids is 1. The first kappa shape index (κ1) is 31.7. The number of aromatic nitrogens is 6. The third-order valence-electron chi connectivity index (χ3n) is 8.15. The van der Waals surface area contributed by atoms with Crippen LogP contribution in [0.1, 0.15) is 52.3 Å². The fourth-order valence-electron chi connectivity index (χ4n) is 6.20. The number of hydrogen-bond donors (Lipinski definition) is 1. The van der Waals surface area contributed by atoms with Gasteiger partial charge < -0.3 is 19.6 Å². The first-order valence-electron chi connectivity index (χ1n) is 15.1. The van der Waals surface area contributed by atoms with E-state index in [-0.39, 0.29) is 17.0 Å². The van der Waals surface area contributed by atoms with E-state index in [0.717, 1.165) is 0 Å². The number of hydrogen-bond acceptors (Lipinski definition) is 7. The Morgan fingerprint density at radius 1 is 0.809 bits per heavy atom. The molecule has 0 radical (unpaired) electrons. The summed E-state index contributed by atoms with van der Waals surface area (Å²) in [6.07, 6.45) is 2.46. The Morgan fingerprint density at radius 3 is 1.81 bits per heavy atom. The minimum absolute atomic E-state index is 0.261. The lowest BCUT2D eigenvalue weighted by molar-refractivity contribution is -0.0176. The summed E-state index contributed by atoms with van der Waals surface area (Å²) in [5.41, 5.74) is 8.03. The highest BCUT2D eigenvalue weighted by Gasteiger charge is 2.44. The van der Waals surface area contributed by atoms with Crippen molar-refractivity contribution < 1.29 is 18.3 Å². The molecule has 2 N–H and O–H groups in total. The van der Waals surface area contributed by atoms with E-state index >= 15 is 8.78 Å². The largest absolute Gasteiger partial charge is 0.444 e. The quantitative estimate of drug-likeness (QED) is 0.195. The Kier molecular flexibility index (Phi) is 7.79. The highest BCUT2D eigenvalue weighted by Crippen LogP contribution is 2.39. The van der Waals surface area contributed by atoms with Crippen molar-refractivity contribution in [3.63, 3.8) is 0 Å².